The molecule has 1 aliphatic rings. The van der Waals surface area contributed by atoms with Crippen LogP contribution in [0.25, 0.3) is 11.3 Å². The highest BCUT2D eigenvalue weighted by Gasteiger charge is 2.21. The van der Waals surface area contributed by atoms with Gasteiger partial charge in [-0.2, -0.15) is 5.10 Å². The molecule has 144 valence electrons. The first kappa shape index (κ1) is 18.4. The predicted molar refractivity (Wildman–Crippen MR) is 110 cm³/mol. The second kappa shape index (κ2) is 7.97. The lowest BCUT2D eigenvalue weighted by molar-refractivity contribution is 0.0951. The fraction of sp³-hybridized carbons (Fsp3) is 0.348. The van der Waals surface area contributed by atoms with Crippen LogP contribution in [-0.4, -0.2) is 27.2 Å². The zero-order chi connectivity index (χ0) is 19.5. The molecule has 5 nitrogen and oxygen atoms in total. The quantitative estimate of drug-likeness (QED) is 0.737. The summed E-state index contributed by atoms with van der Waals surface area (Å²) in [5.41, 5.74) is 7.71. The number of rotatable bonds is 5. The van der Waals surface area contributed by atoms with Crippen molar-refractivity contribution in [3.8, 4) is 11.3 Å². The Morgan fingerprint density at radius 3 is 2.71 bits per heavy atom. The summed E-state index contributed by atoms with van der Waals surface area (Å²) in [6, 6.07) is 10.0. The largest absolute Gasteiger partial charge is 0.350 e. The average Bonchev–Trinajstić information content (AvgIpc) is 3.09. The van der Waals surface area contributed by atoms with Crippen LogP contribution in [0.5, 0.6) is 0 Å². The summed E-state index contributed by atoms with van der Waals surface area (Å²) in [7, 11) is 0. The molecule has 3 aromatic rings. The van der Waals surface area contributed by atoms with Crippen LogP contribution < -0.4 is 5.32 Å². The van der Waals surface area contributed by atoms with E-state index in [-0.39, 0.29) is 5.91 Å². The van der Waals surface area contributed by atoms with Crippen LogP contribution >= 0.6 is 0 Å². The predicted octanol–water partition coefficient (Wildman–Crippen LogP) is 3.87. The topological polar surface area (TPSA) is 59.8 Å². The Labute approximate surface area is 165 Å². The lowest BCUT2D eigenvalue weighted by Crippen LogP contribution is -2.28. The first-order chi connectivity index (χ1) is 13.6. The van der Waals surface area contributed by atoms with Crippen molar-refractivity contribution in [3.05, 3.63) is 70.7 Å². The zero-order valence-electron chi connectivity index (χ0n) is 16.5. The SMILES string of the molecule is Cc1ccc(C)c(C(=O)NCCn2nc(-c3ccncc3)c3c2CCCC3)c1. The summed E-state index contributed by atoms with van der Waals surface area (Å²) in [6.07, 6.45) is 8.16. The lowest BCUT2D eigenvalue weighted by atomic mass is 9.94. The smallest absolute Gasteiger partial charge is 0.251 e. The molecule has 28 heavy (non-hydrogen) atoms. The molecule has 1 N–H and O–H groups in total. The number of aryl methyl sites for hydroxylation is 2. The molecule has 1 amide bonds. The molecule has 0 saturated carbocycles. The minimum atomic E-state index is -0.0171. The van der Waals surface area contributed by atoms with Crippen molar-refractivity contribution in [2.45, 2.75) is 46.1 Å². The number of nitrogens with one attached hydrogen (secondary N) is 1. The third-order valence-corrected chi connectivity index (χ3v) is 5.46. The average molecular weight is 374 g/mol. The maximum atomic E-state index is 12.6. The number of carbonyl (C=O) groups excluding carboxylic acids is 1. The van der Waals surface area contributed by atoms with E-state index in [1.165, 1.54) is 24.1 Å². The Hall–Kier alpha value is -2.95. The van der Waals surface area contributed by atoms with Gasteiger partial charge in [0.05, 0.1) is 12.2 Å². The molecule has 0 saturated heterocycles. The van der Waals surface area contributed by atoms with E-state index in [2.05, 4.69) is 15.0 Å². The molecule has 2 aromatic heterocycles. The Bertz CT molecular complexity index is 991. The number of hydrogen-bond donors (Lipinski definition) is 1. The summed E-state index contributed by atoms with van der Waals surface area (Å²) >= 11 is 0. The van der Waals surface area contributed by atoms with Gasteiger partial charge in [-0.15, -0.1) is 0 Å². The first-order valence-corrected chi connectivity index (χ1v) is 9.98. The molecule has 0 bridgehead atoms. The third kappa shape index (κ3) is 3.70. The van der Waals surface area contributed by atoms with Crippen LogP contribution in [0, 0.1) is 13.8 Å². The second-order valence-corrected chi connectivity index (χ2v) is 7.51. The van der Waals surface area contributed by atoms with E-state index in [9.17, 15) is 4.79 Å². The van der Waals surface area contributed by atoms with Crippen molar-refractivity contribution in [1.82, 2.24) is 20.1 Å². The Balaban J connectivity index is 1.50. The van der Waals surface area contributed by atoms with E-state index in [4.69, 9.17) is 5.10 Å². The summed E-state index contributed by atoms with van der Waals surface area (Å²) < 4.78 is 2.09. The highest BCUT2D eigenvalue weighted by Crippen LogP contribution is 2.30. The van der Waals surface area contributed by atoms with Gasteiger partial charge in [-0.25, -0.2) is 0 Å². The summed E-state index contributed by atoms with van der Waals surface area (Å²) in [4.78, 5) is 16.7. The zero-order valence-corrected chi connectivity index (χ0v) is 16.5. The van der Waals surface area contributed by atoms with Gasteiger partial charge in [0.1, 0.15) is 0 Å². The van der Waals surface area contributed by atoms with Gasteiger partial charge in [-0.1, -0.05) is 17.7 Å². The van der Waals surface area contributed by atoms with E-state index in [1.54, 1.807) is 0 Å². The number of carbonyl (C=O) groups is 1. The third-order valence-electron chi connectivity index (χ3n) is 5.46. The fourth-order valence-corrected chi connectivity index (χ4v) is 3.95. The normalized spacial score (nSPS) is 13.2. The van der Waals surface area contributed by atoms with Crippen molar-refractivity contribution >= 4 is 5.91 Å². The highest BCUT2D eigenvalue weighted by atomic mass is 16.1. The van der Waals surface area contributed by atoms with E-state index < -0.39 is 0 Å². The second-order valence-electron chi connectivity index (χ2n) is 7.51. The minimum Gasteiger partial charge on any atom is -0.350 e. The van der Waals surface area contributed by atoms with Crippen LogP contribution in [0.3, 0.4) is 0 Å². The van der Waals surface area contributed by atoms with Gasteiger partial charge in [-0.05, 0) is 63.3 Å². The van der Waals surface area contributed by atoms with Crippen molar-refractivity contribution in [2.75, 3.05) is 6.54 Å². The van der Waals surface area contributed by atoms with Gasteiger partial charge < -0.3 is 5.32 Å². The molecule has 0 atom stereocenters. The highest BCUT2D eigenvalue weighted by molar-refractivity contribution is 5.95. The maximum Gasteiger partial charge on any atom is 0.251 e. The molecule has 4 rings (SSSR count). The van der Waals surface area contributed by atoms with Crippen LogP contribution in [0.4, 0.5) is 0 Å². The van der Waals surface area contributed by atoms with Gasteiger partial charge in [0.15, 0.2) is 0 Å². The van der Waals surface area contributed by atoms with Crippen molar-refractivity contribution < 1.29 is 4.79 Å². The molecule has 5 heteroatoms. The monoisotopic (exact) mass is 374 g/mol. The lowest BCUT2D eigenvalue weighted by Gasteiger charge is -2.15. The molecule has 0 aliphatic heterocycles. The molecule has 1 aromatic carbocycles. The van der Waals surface area contributed by atoms with E-state index >= 15 is 0 Å². The van der Waals surface area contributed by atoms with E-state index in [1.807, 2.05) is 56.6 Å². The van der Waals surface area contributed by atoms with E-state index in [0.29, 0.717) is 13.1 Å². The van der Waals surface area contributed by atoms with Crippen molar-refractivity contribution in [3.63, 3.8) is 0 Å². The number of amides is 1. The Morgan fingerprint density at radius 1 is 1.11 bits per heavy atom. The number of aromatic nitrogens is 3. The summed E-state index contributed by atoms with van der Waals surface area (Å²) in [5.74, 6) is -0.0171. The number of pyridine rings is 1. The Morgan fingerprint density at radius 2 is 1.89 bits per heavy atom. The van der Waals surface area contributed by atoms with E-state index in [0.717, 1.165) is 40.8 Å². The summed E-state index contributed by atoms with van der Waals surface area (Å²) in [6.45, 7) is 5.23. The molecular formula is C23H26N4O. The molecule has 0 radical (unpaired) electrons. The van der Waals surface area contributed by atoms with Crippen molar-refractivity contribution in [1.29, 1.82) is 0 Å². The molecule has 1 aliphatic carbocycles. The molecule has 0 unspecified atom stereocenters. The Kier molecular flexibility index (Phi) is 5.24. The maximum absolute atomic E-state index is 12.6. The van der Waals surface area contributed by atoms with Gasteiger partial charge in [-0.3, -0.25) is 14.5 Å². The molecule has 2 heterocycles. The molecule has 0 fully saturated rings. The van der Waals surface area contributed by atoms with Gasteiger partial charge in [0, 0.05) is 41.3 Å². The number of nitrogens with zero attached hydrogens (tertiary/aromatic N) is 3. The summed E-state index contributed by atoms with van der Waals surface area (Å²) in [5, 5.41) is 7.96. The fourth-order valence-electron chi connectivity index (χ4n) is 3.95. The van der Waals surface area contributed by atoms with Crippen LogP contribution in [0.1, 0.15) is 45.6 Å². The molecule has 0 spiro atoms. The van der Waals surface area contributed by atoms with Crippen LogP contribution in [-0.2, 0) is 19.4 Å². The molecular weight excluding hydrogens is 348 g/mol. The van der Waals surface area contributed by atoms with Gasteiger partial charge in [0.2, 0.25) is 0 Å². The number of benzene rings is 1. The van der Waals surface area contributed by atoms with Crippen LogP contribution in [0.2, 0.25) is 0 Å². The van der Waals surface area contributed by atoms with Gasteiger partial charge >= 0.3 is 0 Å². The first-order valence-electron chi connectivity index (χ1n) is 9.98. The standard InChI is InChI=1S/C23H26N4O/c1-16-7-8-17(2)20(15-16)23(28)25-13-14-27-21-6-4-3-5-19(21)22(26-27)18-9-11-24-12-10-18/h7-12,15H,3-6,13-14H2,1-2H3,(H,25,28). The minimum absolute atomic E-state index is 0.0171. The number of hydrogen-bond acceptors (Lipinski definition) is 3. The number of fused-ring (bicyclic) bond motifs is 1. The van der Waals surface area contributed by atoms with Crippen LogP contribution in [0.15, 0.2) is 42.7 Å². The van der Waals surface area contributed by atoms with Gasteiger partial charge in [0.25, 0.3) is 5.91 Å². The van der Waals surface area contributed by atoms with Crippen molar-refractivity contribution in [2.24, 2.45) is 0 Å².